The third-order valence-electron chi connectivity index (χ3n) is 3.58. The Balaban J connectivity index is 2.09. The van der Waals surface area contributed by atoms with Gasteiger partial charge >= 0.3 is 5.97 Å². The highest BCUT2D eigenvalue weighted by atomic mass is 16.4. The minimum absolute atomic E-state index is 0.0697. The number of aromatic nitrogens is 1. The maximum atomic E-state index is 10.8. The molecule has 0 aliphatic carbocycles. The Morgan fingerprint density at radius 2 is 2.33 bits per heavy atom. The SMILES string of the molecule is CC1CCN(Cc2cccc(C(=O)O)n2)C1CO. The lowest BCUT2D eigenvalue weighted by molar-refractivity contribution is 0.0689. The molecular formula is C13H18N2O3. The molecule has 98 valence electrons. The average molecular weight is 250 g/mol. The number of aromatic carboxylic acids is 1. The van der Waals surface area contributed by atoms with Crippen LogP contribution in [0.3, 0.4) is 0 Å². The summed E-state index contributed by atoms with van der Waals surface area (Å²) < 4.78 is 0. The zero-order valence-electron chi connectivity index (χ0n) is 10.4. The molecule has 2 unspecified atom stereocenters. The number of hydrogen-bond acceptors (Lipinski definition) is 4. The molecule has 1 aliphatic rings. The van der Waals surface area contributed by atoms with Gasteiger partial charge in [-0.1, -0.05) is 13.0 Å². The van der Waals surface area contributed by atoms with E-state index < -0.39 is 5.97 Å². The van der Waals surface area contributed by atoms with Crippen molar-refractivity contribution >= 4 is 5.97 Å². The molecule has 5 heteroatoms. The van der Waals surface area contributed by atoms with Gasteiger partial charge in [0.15, 0.2) is 0 Å². The minimum atomic E-state index is -1.01. The molecule has 0 saturated carbocycles. The molecule has 0 amide bonds. The normalized spacial score (nSPS) is 24.3. The highest BCUT2D eigenvalue weighted by molar-refractivity contribution is 5.85. The monoisotopic (exact) mass is 250 g/mol. The first-order valence-corrected chi connectivity index (χ1v) is 6.16. The number of pyridine rings is 1. The van der Waals surface area contributed by atoms with Crippen molar-refractivity contribution in [3.63, 3.8) is 0 Å². The van der Waals surface area contributed by atoms with Gasteiger partial charge in [-0.25, -0.2) is 9.78 Å². The Morgan fingerprint density at radius 3 is 3.00 bits per heavy atom. The molecule has 1 aliphatic heterocycles. The molecule has 5 nitrogen and oxygen atoms in total. The lowest BCUT2D eigenvalue weighted by Crippen LogP contribution is -2.34. The van der Waals surface area contributed by atoms with Crippen molar-refractivity contribution in [2.75, 3.05) is 13.2 Å². The standard InChI is InChI=1S/C13H18N2O3/c1-9-5-6-15(12(9)8-16)7-10-3-2-4-11(14-10)13(17)18/h2-4,9,12,16H,5-8H2,1H3,(H,17,18). The first kappa shape index (κ1) is 13.0. The van der Waals surface area contributed by atoms with Crippen LogP contribution in [0.5, 0.6) is 0 Å². The molecule has 1 fully saturated rings. The Bertz CT molecular complexity index is 436. The van der Waals surface area contributed by atoms with E-state index >= 15 is 0 Å². The third-order valence-corrected chi connectivity index (χ3v) is 3.58. The molecular weight excluding hydrogens is 232 g/mol. The number of likely N-dealkylation sites (tertiary alicyclic amines) is 1. The highest BCUT2D eigenvalue weighted by Crippen LogP contribution is 2.24. The van der Waals surface area contributed by atoms with Gasteiger partial charge in [-0.15, -0.1) is 0 Å². The van der Waals surface area contributed by atoms with Crippen LogP contribution >= 0.6 is 0 Å². The van der Waals surface area contributed by atoms with Crippen LogP contribution in [0.2, 0.25) is 0 Å². The number of rotatable bonds is 4. The lowest BCUT2D eigenvalue weighted by Gasteiger charge is -2.24. The van der Waals surface area contributed by atoms with Crippen LogP contribution in [0.25, 0.3) is 0 Å². The predicted octanol–water partition coefficient (Wildman–Crippen LogP) is 0.982. The van der Waals surface area contributed by atoms with Gasteiger partial charge in [-0.2, -0.15) is 0 Å². The van der Waals surface area contributed by atoms with Gasteiger partial charge in [-0.3, -0.25) is 4.90 Å². The molecule has 0 spiro atoms. The average Bonchev–Trinajstić information content (AvgIpc) is 2.70. The molecule has 2 rings (SSSR count). The summed E-state index contributed by atoms with van der Waals surface area (Å²) in [5.41, 5.74) is 0.808. The fourth-order valence-corrected chi connectivity index (χ4v) is 2.47. The summed E-state index contributed by atoms with van der Waals surface area (Å²) in [7, 11) is 0. The fraction of sp³-hybridized carbons (Fsp3) is 0.538. The van der Waals surface area contributed by atoms with Crippen LogP contribution in [0.15, 0.2) is 18.2 Å². The molecule has 1 aromatic rings. The molecule has 1 aromatic heterocycles. The Morgan fingerprint density at radius 1 is 1.56 bits per heavy atom. The first-order valence-electron chi connectivity index (χ1n) is 6.16. The fourth-order valence-electron chi connectivity index (χ4n) is 2.47. The maximum absolute atomic E-state index is 10.8. The second-order valence-electron chi connectivity index (χ2n) is 4.81. The molecule has 2 N–H and O–H groups in total. The van der Waals surface area contributed by atoms with Crippen molar-refractivity contribution < 1.29 is 15.0 Å². The van der Waals surface area contributed by atoms with Gasteiger partial charge in [0.25, 0.3) is 0 Å². The largest absolute Gasteiger partial charge is 0.477 e. The molecule has 18 heavy (non-hydrogen) atoms. The van der Waals surface area contributed by atoms with Crippen LogP contribution in [0, 0.1) is 5.92 Å². The summed E-state index contributed by atoms with van der Waals surface area (Å²) in [5.74, 6) is -0.539. The number of carbonyl (C=O) groups is 1. The summed E-state index contributed by atoms with van der Waals surface area (Å²) in [6.07, 6.45) is 1.06. The molecule has 2 atom stereocenters. The number of carboxylic acids is 1. The van der Waals surface area contributed by atoms with Crippen molar-refractivity contribution in [1.82, 2.24) is 9.88 Å². The van der Waals surface area contributed by atoms with E-state index in [4.69, 9.17) is 5.11 Å². The smallest absolute Gasteiger partial charge is 0.354 e. The van der Waals surface area contributed by atoms with Gasteiger partial charge in [0, 0.05) is 12.6 Å². The zero-order chi connectivity index (χ0) is 13.1. The molecule has 0 aromatic carbocycles. The summed E-state index contributed by atoms with van der Waals surface area (Å²) in [5, 5.41) is 18.3. The van der Waals surface area contributed by atoms with Gasteiger partial charge in [0.2, 0.25) is 0 Å². The molecule has 2 heterocycles. The van der Waals surface area contributed by atoms with Crippen molar-refractivity contribution in [3.05, 3.63) is 29.6 Å². The molecule has 0 radical (unpaired) electrons. The van der Waals surface area contributed by atoms with E-state index in [9.17, 15) is 9.90 Å². The predicted molar refractivity (Wildman–Crippen MR) is 66.3 cm³/mol. The van der Waals surface area contributed by atoms with Gasteiger partial charge in [0.05, 0.1) is 12.3 Å². The maximum Gasteiger partial charge on any atom is 0.354 e. The first-order chi connectivity index (χ1) is 8.61. The summed E-state index contributed by atoms with van der Waals surface area (Å²) in [6, 6.07) is 5.17. The van der Waals surface area contributed by atoms with Crippen LogP contribution in [-0.2, 0) is 6.54 Å². The van der Waals surface area contributed by atoms with Gasteiger partial charge < -0.3 is 10.2 Å². The van der Waals surface area contributed by atoms with E-state index in [-0.39, 0.29) is 18.3 Å². The van der Waals surface area contributed by atoms with E-state index in [1.807, 2.05) is 6.07 Å². The van der Waals surface area contributed by atoms with Crippen molar-refractivity contribution in [2.24, 2.45) is 5.92 Å². The lowest BCUT2D eigenvalue weighted by atomic mass is 10.0. The van der Waals surface area contributed by atoms with Crippen molar-refractivity contribution in [3.8, 4) is 0 Å². The van der Waals surface area contributed by atoms with Crippen LogP contribution < -0.4 is 0 Å². The van der Waals surface area contributed by atoms with E-state index in [1.165, 1.54) is 6.07 Å². The number of aliphatic hydroxyl groups is 1. The van der Waals surface area contributed by atoms with Crippen molar-refractivity contribution in [2.45, 2.75) is 25.9 Å². The Labute approximate surface area is 106 Å². The minimum Gasteiger partial charge on any atom is -0.477 e. The van der Waals surface area contributed by atoms with E-state index in [0.29, 0.717) is 12.5 Å². The van der Waals surface area contributed by atoms with Gasteiger partial charge in [0.1, 0.15) is 5.69 Å². The summed E-state index contributed by atoms with van der Waals surface area (Å²) >= 11 is 0. The van der Waals surface area contributed by atoms with Crippen LogP contribution in [0.4, 0.5) is 0 Å². The Hall–Kier alpha value is -1.46. The quantitative estimate of drug-likeness (QED) is 0.833. The second kappa shape index (κ2) is 5.46. The topological polar surface area (TPSA) is 73.7 Å². The summed E-state index contributed by atoms with van der Waals surface area (Å²) in [6.45, 7) is 3.78. The van der Waals surface area contributed by atoms with Gasteiger partial charge in [-0.05, 0) is 31.0 Å². The molecule has 1 saturated heterocycles. The summed E-state index contributed by atoms with van der Waals surface area (Å²) in [4.78, 5) is 17.1. The Kier molecular flexibility index (Phi) is 3.93. The van der Waals surface area contributed by atoms with Crippen LogP contribution in [0.1, 0.15) is 29.5 Å². The number of aliphatic hydroxyl groups excluding tert-OH is 1. The van der Waals surface area contributed by atoms with E-state index in [2.05, 4.69) is 16.8 Å². The third kappa shape index (κ3) is 2.68. The highest BCUT2D eigenvalue weighted by Gasteiger charge is 2.30. The van der Waals surface area contributed by atoms with E-state index in [1.54, 1.807) is 6.07 Å². The number of hydrogen-bond donors (Lipinski definition) is 2. The zero-order valence-corrected chi connectivity index (χ0v) is 10.4. The molecule has 0 bridgehead atoms. The number of nitrogens with zero attached hydrogens (tertiary/aromatic N) is 2. The van der Waals surface area contributed by atoms with Crippen LogP contribution in [-0.4, -0.2) is 45.3 Å². The second-order valence-corrected chi connectivity index (χ2v) is 4.81. The number of carboxylic acid groups (broad SMARTS) is 1. The van der Waals surface area contributed by atoms with E-state index in [0.717, 1.165) is 18.7 Å². The van der Waals surface area contributed by atoms with Crippen molar-refractivity contribution in [1.29, 1.82) is 0 Å².